The summed E-state index contributed by atoms with van der Waals surface area (Å²) in [7, 11) is 0. The monoisotopic (exact) mass is 304 g/mol. The lowest BCUT2D eigenvalue weighted by Gasteiger charge is -2.19. The smallest absolute Gasteiger partial charge is 0.344 e. The van der Waals surface area contributed by atoms with E-state index in [0.29, 0.717) is 17.4 Å². The quantitative estimate of drug-likeness (QED) is 0.490. The van der Waals surface area contributed by atoms with Crippen LogP contribution in [0.5, 0.6) is 5.75 Å². The second-order valence-corrected chi connectivity index (χ2v) is 5.67. The predicted octanol–water partition coefficient (Wildman–Crippen LogP) is 2.33. The van der Waals surface area contributed by atoms with Crippen LogP contribution in [0.25, 0.3) is 11.0 Å². The van der Waals surface area contributed by atoms with Gasteiger partial charge in [0.1, 0.15) is 16.9 Å². The molecule has 0 N–H and O–H groups in total. The molecule has 0 atom stereocenters. The number of hydrogen-bond donors (Lipinski definition) is 0. The molecule has 0 amide bonds. The second-order valence-electron chi connectivity index (χ2n) is 5.67. The minimum absolute atomic E-state index is 0.219. The van der Waals surface area contributed by atoms with Crippen molar-refractivity contribution < 1.29 is 23.5 Å². The molecule has 0 fully saturated rings. The molecule has 6 nitrogen and oxygen atoms in total. The van der Waals surface area contributed by atoms with Gasteiger partial charge >= 0.3 is 11.6 Å². The van der Waals surface area contributed by atoms with Gasteiger partial charge in [-0.1, -0.05) is 0 Å². The molecule has 0 saturated heterocycles. The van der Waals surface area contributed by atoms with Gasteiger partial charge in [0.15, 0.2) is 12.9 Å². The molecule has 22 heavy (non-hydrogen) atoms. The summed E-state index contributed by atoms with van der Waals surface area (Å²) >= 11 is 0. The first-order chi connectivity index (χ1) is 10.3. The van der Waals surface area contributed by atoms with Gasteiger partial charge in [0.05, 0.1) is 0 Å². The van der Waals surface area contributed by atoms with E-state index in [-0.39, 0.29) is 17.8 Å². The third kappa shape index (κ3) is 3.94. The van der Waals surface area contributed by atoms with Crippen LogP contribution in [0, 0.1) is 0 Å². The van der Waals surface area contributed by atoms with Gasteiger partial charge < -0.3 is 13.9 Å². The minimum atomic E-state index is -0.626. The molecule has 6 heteroatoms. The van der Waals surface area contributed by atoms with Crippen molar-refractivity contribution in [3.05, 3.63) is 40.2 Å². The fraction of sp³-hybridized carbons (Fsp3) is 0.312. The van der Waals surface area contributed by atoms with Gasteiger partial charge in [0, 0.05) is 23.1 Å². The lowest BCUT2D eigenvalue weighted by Crippen LogP contribution is -2.27. The molecule has 0 aliphatic heterocycles. The van der Waals surface area contributed by atoms with Gasteiger partial charge in [-0.25, -0.2) is 9.59 Å². The largest absolute Gasteiger partial charge is 0.482 e. The van der Waals surface area contributed by atoms with Gasteiger partial charge in [0.25, 0.3) is 0 Å². The Morgan fingerprint density at radius 3 is 2.64 bits per heavy atom. The van der Waals surface area contributed by atoms with E-state index in [0.717, 1.165) is 6.07 Å². The maximum atomic E-state index is 11.6. The predicted molar refractivity (Wildman–Crippen MR) is 79.2 cm³/mol. The lowest BCUT2D eigenvalue weighted by molar-refractivity contribution is -0.157. The Morgan fingerprint density at radius 1 is 1.27 bits per heavy atom. The third-order valence-electron chi connectivity index (χ3n) is 2.65. The number of ether oxygens (including phenoxy) is 2. The van der Waals surface area contributed by atoms with Crippen LogP contribution in [-0.4, -0.2) is 24.5 Å². The van der Waals surface area contributed by atoms with Crippen LogP contribution in [0.15, 0.2) is 33.5 Å². The van der Waals surface area contributed by atoms with Crippen LogP contribution in [0.1, 0.15) is 31.1 Å². The molecule has 0 spiro atoms. The number of hydrogen-bond acceptors (Lipinski definition) is 6. The first kappa shape index (κ1) is 15.8. The van der Waals surface area contributed by atoms with Crippen molar-refractivity contribution in [2.24, 2.45) is 0 Å². The van der Waals surface area contributed by atoms with Crippen molar-refractivity contribution in [2.75, 3.05) is 6.61 Å². The molecule has 2 rings (SSSR count). The fourth-order valence-corrected chi connectivity index (χ4v) is 1.87. The fourth-order valence-electron chi connectivity index (χ4n) is 1.87. The molecular weight excluding hydrogens is 288 g/mol. The van der Waals surface area contributed by atoms with Crippen molar-refractivity contribution in [1.29, 1.82) is 0 Å². The van der Waals surface area contributed by atoms with Crippen LogP contribution >= 0.6 is 0 Å². The van der Waals surface area contributed by atoms with Gasteiger partial charge in [-0.2, -0.15) is 0 Å². The van der Waals surface area contributed by atoms with Crippen molar-refractivity contribution in [2.45, 2.75) is 26.4 Å². The number of esters is 1. The van der Waals surface area contributed by atoms with Gasteiger partial charge in [-0.05, 0) is 32.9 Å². The number of carbonyl (C=O) groups excluding carboxylic acids is 2. The van der Waals surface area contributed by atoms with Gasteiger partial charge in [-0.3, -0.25) is 4.79 Å². The van der Waals surface area contributed by atoms with Crippen molar-refractivity contribution in [3.63, 3.8) is 0 Å². The Kier molecular flexibility index (Phi) is 4.30. The molecule has 0 aliphatic rings. The standard InChI is InChI=1S/C16H16O6/c1-16(2,3)22-15(19)9-20-11-4-5-12-10(8-17)6-14(18)21-13(12)7-11/h4-8H,9H2,1-3H3. The van der Waals surface area contributed by atoms with E-state index >= 15 is 0 Å². The molecule has 0 saturated carbocycles. The van der Waals surface area contributed by atoms with E-state index in [1.165, 1.54) is 6.07 Å². The summed E-state index contributed by atoms with van der Waals surface area (Å²) in [5.74, 6) is -0.166. The van der Waals surface area contributed by atoms with Crippen LogP contribution < -0.4 is 10.4 Å². The van der Waals surface area contributed by atoms with E-state index in [1.54, 1.807) is 32.9 Å². The highest BCUT2D eigenvalue weighted by Crippen LogP contribution is 2.22. The summed E-state index contributed by atoms with van der Waals surface area (Å²) in [6.45, 7) is 5.02. The molecule has 2 aromatic rings. The number of aldehydes is 1. The van der Waals surface area contributed by atoms with Crippen molar-refractivity contribution in [1.82, 2.24) is 0 Å². The average molecular weight is 304 g/mol. The Morgan fingerprint density at radius 2 is 2.00 bits per heavy atom. The van der Waals surface area contributed by atoms with Crippen LogP contribution in [0.2, 0.25) is 0 Å². The summed E-state index contributed by atoms with van der Waals surface area (Å²) in [4.78, 5) is 33.9. The first-order valence-corrected chi connectivity index (χ1v) is 6.66. The van der Waals surface area contributed by atoms with Crippen LogP contribution in [0.3, 0.4) is 0 Å². The Labute approximate surface area is 126 Å². The highest BCUT2D eigenvalue weighted by molar-refractivity contribution is 5.95. The highest BCUT2D eigenvalue weighted by Gasteiger charge is 2.16. The molecule has 1 heterocycles. The first-order valence-electron chi connectivity index (χ1n) is 6.66. The van der Waals surface area contributed by atoms with Gasteiger partial charge in [0.2, 0.25) is 0 Å². The van der Waals surface area contributed by atoms with Crippen LogP contribution in [-0.2, 0) is 9.53 Å². The molecule has 0 unspecified atom stereocenters. The number of fused-ring (bicyclic) bond motifs is 1. The summed E-state index contributed by atoms with van der Waals surface area (Å²) in [6, 6.07) is 5.75. The lowest BCUT2D eigenvalue weighted by atomic mass is 10.1. The Bertz CT molecular complexity index is 766. The molecule has 0 aliphatic carbocycles. The van der Waals surface area contributed by atoms with E-state index < -0.39 is 17.2 Å². The number of carbonyl (C=O) groups is 2. The average Bonchev–Trinajstić information content (AvgIpc) is 2.41. The highest BCUT2D eigenvalue weighted by atomic mass is 16.6. The van der Waals surface area contributed by atoms with Crippen molar-refractivity contribution >= 4 is 23.2 Å². The van der Waals surface area contributed by atoms with Crippen molar-refractivity contribution in [3.8, 4) is 5.75 Å². The summed E-state index contributed by atoms with van der Waals surface area (Å²) in [5, 5.41) is 0.499. The number of benzene rings is 1. The minimum Gasteiger partial charge on any atom is -0.482 e. The zero-order valence-corrected chi connectivity index (χ0v) is 12.5. The van der Waals surface area contributed by atoms with Crippen LogP contribution in [0.4, 0.5) is 0 Å². The molecule has 1 aromatic carbocycles. The zero-order valence-electron chi connectivity index (χ0n) is 12.5. The molecular formula is C16H16O6. The molecule has 0 bridgehead atoms. The zero-order chi connectivity index (χ0) is 16.3. The Hall–Kier alpha value is -2.63. The van der Waals surface area contributed by atoms with Gasteiger partial charge in [-0.15, -0.1) is 0 Å². The molecule has 1 aromatic heterocycles. The third-order valence-corrected chi connectivity index (χ3v) is 2.65. The van der Waals surface area contributed by atoms with E-state index in [9.17, 15) is 14.4 Å². The SMILES string of the molecule is CC(C)(C)OC(=O)COc1ccc2c(C=O)cc(=O)oc2c1. The topological polar surface area (TPSA) is 82.8 Å². The van der Waals surface area contributed by atoms with E-state index in [4.69, 9.17) is 13.9 Å². The second kappa shape index (κ2) is 6.01. The van der Waals surface area contributed by atoms with E-state index in [2.05, 4.69) is 0 Å². The molecule has 0 radical (unpaired) electrons. The summed E-state index contributed by atoms with van der Waals surface area (Å²) in [5.41, 5.74) is -0.754. The number of rotatable bonds is 4. The normalized spacial score (nSPS) is 11.2. The van der Waals surface area contributed by atoms with E-state index in [1.807, 2.05) is 0 Å². The summed E-state index contributed by atoms with van der Waals surface area (Å²) < 4.78 is 15.5. The molecule has 116 valence electrons. The summed E-state index contributed by atoms with van der Waals surface area (Å²) in [6.07, 6.45) is 0.584. The maximum Gasteiger partial charge on any atom is 0.344 e. The Balaban J connectivity index is 2.18. The maximum absolute atomic E-state index is 11.6.